The molecule has 116 valence electrons. The van der Waals surface area contributed by atoms with E-state index in [1.807, 2.05) is 24.3 Å². The van der Waals surface area contributed by atoms with Crippen LogP contribution in [0.25, 0.3) is 0 Å². The summed E-state index contributed by atoms with van der Waals surface area (Å²) in [5.41, 5.74) is 1.11. The van der Waals surface area contributed by atoms with Crippen molar-refractivity contribution in [1.29, 1.82) is 0 Å². The smallest absolute Gasteiger partial charge is 0.282 e. The van der Waals surface area contributed by atoms with Gasteiger partial charge in [0.05, 0.1) is 13.2 Å². The molecule has 0 spiro atoms. The van der Waals surface area contributed by atoms with Crippen LogP contribution in [-0.4, -0.2) is 22.4 Å². The SMILES string of the molecule is COc1ccc(C(NC(=O)c2nc(C)ns2)C2CCC2)cc1. The molecule has 1 aliphatic carbocycles. The number of carbonyl (C=O) groups is 1. The van der Waals surface area contributed by atoms with E-state index in [0.717, 1.165) is 35.7 Å². The Morgan fingerprint density at radius 1 is 1.36 bits per heavy atom. The first-order valence-electron chi connectivity index (χ1n) is 7.42. The number of aryl methyl sites for hydroxylation is 1. The number of rotatable bonds is 5. The number of nitrogens with one attached hydrogen (secondary N) is 1. The summed E-state index contributed by atoms with van der Waals surface area (Å²) in [6, 6.07) is 7.93. The highest BCUT2D eigenvalue weighted by atomic mass is 32.1. The first-order valence-corrected chi connectivity index (χ1v) is 8.20. The van der Waals surface area contributed by atoms with Gasteiger partial charge in [-0.25, -0.2) is 4.98 Å². The summed E-state index contributed by atoms with van der Waals surface area (Å²) in [6.45, 7) is 1.79. The first-order chi connectivity index (χ1) is 10.7. The Morgan fingerprint density at radius 2 is 2.09 bits per heavy atom. The highest BCUT2D eigenvalue weighted by Gasteiger charge is 2.30. The van der Waals surface area contributed by atoms with Crippen LogP contribution in [0, 0.1) is 12.8 Å². The van der Waals surface area contributed by atoms with E-state index in [-0.39, 0.29) is 11.9 Å². The van der Waals surface area contributed by atoms with Crippen LogP contribution in [0.15, 0.2) is 24.3 Å². The Hall–Kier alpha value is -1.95. The molecule has 1 aliphatic rings. The Kier molecular flexibility index (Phi) is 4.38. The van der Waals surface area contributed by atoms with Gasteiger partial charge in [-0.05, 0) is 54.9 Å². The van der Waals surface area contributed by atoms with Gasteiger partial charge in [-0.15, -0.1) is 0 Å². The average Bonchev–Trinajstić information content (AvgIpc) is 2.91. The topological polar surface area (TPSA) is 64.1 Å². The maximum atomic E-state index is 12.4. The largest absolute Gasteiger partial charge is 0.497 e. The fourth-order valence-corrected chi connectivity index (χ4v) is 3.22. The summed E-state index contributed by atoms with van der Waals surface area (Å²) in [7, 11) is 1.65. The number of benzene rings is 1. The second kappa shape index (κ2) is 6.44. The fraction of sp³-hybridized carbons (Fsp3) is 0.438. The number of carbonyl (C=O) groups excluding carboxylic acids is 1. The van der Waals surface area contributed by atoms with Gasteiger partial charge >= 0.3 is 0 Å². The van der Waals surface area contributed by atoms with Crippen molar-refractivity contribution >= 4 is 17.4 Å². The maximum Gasteiger partial charge on any atom is 0.282 e. The van der Waals surface area contributed by atoms with E-state index in [2.05, 4.69) is 14.7 Å². The second-order valence-electron chi connectivity index (χ2n) is 5.56. The number of ether oxygens (including phenoxy) is 1. The van der Waals surface area contributed by atoms with Crippen LogP contribution in [0.1, 0.15) is 46.5 Å². The second-order valence-corrected chi connectivity index (χ2v) is 6.31. The van der Waals surface area contributed by atoms with Crippen molar-refractivity contribution in [3.63, 3.8) is 0 Å². The summed E-state index contributed by atoms with van der Waals surface area (Å²) in [5, 5.41) is 3.56. The lowest BCUT2D eigenvalue weighted by atomic mass is 9.77. The number of aromatic nitrogens is 2. The minimum absolute atomic E-state index is 0.0244. The zero-order chi connectivity index (χ0) is 15.5. The zero-order valence-electron chi connectivity index (χ0n) is 12.7. The molecular formula is C16H19N3O2S. The maximum absolute atomic E-state index is 12.4. The van der Waals surface area contributed by atoms with Gasteiger partial charge < -0.3 is 10.1 Å². The number of hydrogen-bond donors (Lipinski definition) is 1. The molecule has 1 aromatic heterocycles. The first kappa shape index (κ1) is 15.0. The van der Waals surface area contributed by atoms with Crippen molar-refractivity contribution in [2.24, 2.45) is 5.92 Å². The third-order valence-electron chi connectivity index (χ3n) is 4.10. The third kappa shape index (κ3) is 3.11. The van der Waals surface area contributed by atoms with Crippen LogP contribution in [-0.2, 0) is 0 Å². The van der Waals surface area contributed by atoms with Crippen LogP contribution in [0.5, 0.6) is 5.75 Å². The third-order valence-corrected chi connectivity index (χ3v) is 4.91. The molecule has 0 radical (unpaired) electrons. The molecule has 3 rings (SSSR count). The molecule has 1 amide bonds. The molecular weight excluding hydrogens is 298 g/mol. The van der Waals surface area contributed by atoms with E-state index in [1.165, 1.54) is 6.42 Å². The van der Waals surface area contributed by atoms with Gasteiger partial charge in [0.15, 0.2) is 0 Å². The predicted molar refractivity (Wildman–Crippen MR) is 85.2 cm³/mol. The van der Waals surface area contributed by atoms with Crippen molar-refractivity contribution in [3.05, 3.63) is 40.7 Å². The summed E-state index contributed by atoms with van der Waals surface area (Å²) in [5.74, 6) is 1.81. The summed E-state index contributed by atoms with van der Waals surface area (Å²) < 4.78 is 9.27. The van der Waals surface area contributed by atoms with E-state index < -0.39 is 0 Å². The standard InChI is InChI=1S/C16H19N3O2S/c1-10-17-16(22-19-10)15(20)18-14(11-4-3-5-11)12-6-8-13(21-2)9-7-12/h6-9,11,14H,3-5H2,1-2H3,(H,18,20). The van der Waals surface area contributed by atoms with Gasteiger partial charge in [-0.2, -0.15) is 4.37 Å². The van der Waals surface area contributed by atoms with Crippen molar-refractivity contribution in [2.75, 3.05) is 7.11 Å². The molecule has 1 fully saturated rings. The van der Waals surface area contributed by atoms with Crippen LogP contribution >= 0.6 is 11.5 Å². The van der Waals surface area contributed by atoms with E-state index in [0.29, 0.717) is 16.7 Å². The molecule has 22 heavy (non-hydrogen) atoms. The number of amides is 1. The number of methoxy groups -OCH3 is 1. The molecule has 0 aliphatic heterocycles. The van der Waals surface area contributed by atoms with Gasteiger partial charge in [0.2, 0.25) is 5.01 Å². The van der Waals surface area contributed by atoms with Gasteiger partial charge in [-0.1, -0.05) is 18.6 Å². The summed E-state index contributed by atoms with van der Waals surface area (Å²) in [6.07, 6.45) is 3.52. The lowest BCUT2D eigenvalue weighted by molar-refractivity contribution is 0.0900. The highest BCUT2D eigenvalue weighted by Crippen LogP contribution is 2.38. The Balaban J connectivity index is 1.78. The van der Waals surface area contributed by atoms with Gasteiger partial charge in [0.1, 0.15) is 11.6 Å². The quantitative estimate of drug-likeness (QED) is 0.920. The molecule has 1 heterocycles. The van der Waals surface area contributed by atoms with E-state index in [9.17, 15) is 4.79 Å². The molecule has 5 nitrogen and oxygen atoms in total. The molecule has 1 saturated carbocycles. The van der Waals surface area contributed by atoms with Crippen LogP contribution in [0.2, 0.25) is 0 Å². The minimum Gasteiger partial charge on any atom is -0.497 e. The molecule has 1 N–H and O–H groups in total. The van der Waals surface area contributed by atoms with Gasteiger partial charge in [-0.3, -0.25) is 4.79 Å². The Labute approximate surface area is 133 Å². The van der Waals surface area contributed by atoms with Gasteiger partial charge in [0.25, 0.3) is 5.91 Å². The van der Waals surface area contributed by atoms with Crippen molar-refractivity contribution in [2.45, 2.75) is 32.2 Å². The van der Waals surface area contributed by atoms with Crippen LogP contribution in [0.4, 0.5) is 0 Å². The molecule has 1 aromatic carbocycles. The Morgan fingerprint density at radius 3 is 2.59 bits per heavy atom. The fourth-order valence-electron chi connectivity index (χ4n) is 2.65. The minimum atomic E-state index is -0.140. The van der Waals surface area contributed by atoms with Crippen molar-refractivity contribution in [1.82, 2.24) is 14.7 Å². The molecule has 6 heteroatoms. The van der Waals surface area contributed by atoms with Crippen molar-refractivity contribution in [3.8, 4) is 5.75 Å². The lowest BCUT2D eigenvalue weighted by Gasteiger charge is -2.34. The van der Waals surface area contributed by atoms with Crippen LogP contribution in [0.3, 0.4) is 0 Å². The number of hydrogen-bond acceptors (Lipinski definition) is 5. The molecule has 0 saturated heterocycles. The normalized spacial score (nSPS) is 15.9. The van der Waals surface area contributed by atoms with Crippen LogP contribution < -0.4 is 10.1 Å². The van der Waals surface area contributed by atoms with Crippen molar-refractivity contribution < 1.29 is 9.53 Å². The zero-order valence-corrected chi connectivity index (χ0v) is 13.5. The lowest BCUT2D eigenvalue weighted by Crippen LogP contribution is -2.36. The molecule has 0 bridgehead atoms. The monoisotopic (exact) mass is 317 g/mol. The average molecular weight is 317 g/mol. The Bertz CT molecular complexity index is 650. The molecule has 1 atom stereocenters. The summed E-state index contributed by atoms with van der Waals surface area (Å²) in [4.78, 5) is 16.5. The molecule has 2 aromatic rings. The predicted octanol–water partition coefficient (Wildman–Crippen LogP) is 3.13. The van der Waals surface area contributed by atoms with E-state index in [4.69, 9.17) is 4.74 Å². The molecule has 1 unspecified atom stereocenters. The highest BCUT2D eigenvalue weighted by molar-refractivity contribution is 7.07. The summed E-state index contributed by atoms with van der Waals surface area (Å²) >= 11 is 1.15. The number of nitrogens with zero attached hydrogens (tertiary/aromatic N) is 2. The van der Waals surface area contributed by atoms with E-state index in [1.54, 1.807) is 14.0 Å². The van der Waals surface area contributed by atoms with Gasteiger partial charge in [0, 0.05) is 0 Å². The van der Waals surface area contributed by atoms with E-state index >= 15 is 0 Å².